The molecule has 0 bridgehead atoms. The summed E-state index contributed by atoms with van der Waals surface area (Å²) in [4.78, 5) is 25.6. The van der Waals surface area contributed by atoms with Crippen LogP contribution < -0.4 is 10.1 Å². The van der Waals surface area contributed by atoms with Crippen LogP contribution in [0.1, 0.15) is 74.2 Å². The van der Waals surface area contributed by atoms with Gasteiger partial charge >= 0.3 is 24.4 Å². The molecular formula is C26H31ClF5N3O6S. The third-order valence-corrected chi connectivity index (χ3v) is 7.54. The largest absolute Gasteiger partial charge is 0.434 e. The van der Waals surface area contributed by atoms with E-state index in [4.69, 9.17) is 20.0 Å². The molecule has 1 fully saturated rings. The van der Waals surface area contributed by atoms with Crippen LogP contribution in [-0.2, 0) is 18.1 Å². The Bertz CT molecular complexity index is 1320. The number of hydrogen-bond donors (Lipinski definition) is 2. The molecule has 42 heavy (non-hydrogen) atoms. The first-order valence-corrected chi connectivity index (χ1v) is 13.9. The Morgan fingerprint density at radius 3 is 2.31 bits per heavy atom. The lowest BCUT2D eigenvalue weighted by molar-refractivity contribution is -0.192. The molecule has 234 valence electrons. The van der Waals surface area contributed by atoms with Gasteiger partial charge in [-0.1, -0.05) is 24.6 Å². The van der Waals surface area contributed by atoms with Gasteiger partial charge in [0.25, 0.3) is 5.91 Å². The number of aromatic nitrogens is 2. The van der Waals surface area contributed by atoms with E-state index in [0.29, 0.717) is 32.6 Å². The number of carbonyl (C=O) groups excluding carboxylic acids is 2. The van der Waals surface area contributed by atoms with Crippen LogP contribution in [0, 0.1) is 11.3 Å². The van der Waals surface area contributed by atoms with Crippen molar-refractivity contribution >= 4 is 34.9 Å². The number of halogens is 6. The molecule has 1 aliphatic carbocycles. The van der Waals surface area contributed by atoms with Crippen molar-refractivity contribution in [3.63, 3.8) is 0 Å². The molecule has 1 aromatic carbocycles. The van der Waals surface area contributed by atoms with Gasteiger partial charge in [0, 0.05) is 24.2 Å². The summed E-state index contributed by atoms with van der Waals surface area (Å²) in [6.07, 6.45) is -2.23. The van der Waals surface area contributed by atoms with E-state index in [2.05, 4.69) is 22.1 Å². The number of aliphatic hydroxyl groups is 1. The fourth-order valence-corrected chi connectivity index (χ4v) is 4.74. The third kappa shape index (κ3) is 8.13. The summed E-state index contributed by atoms with van der Waals surface area (Å²) in [6, 6.07) is 2.96. The number of Topliss-reactive ketones (excluding diaryl/α,β-unsaturated/α-hetero) is 1. The van der Waals surface area contributed by atoms with Crippen molar-refractivity contribution in [2.24, 2.45) is 11.3 Å². The minimum atomic E-state index is -4.89. The van der Waals surface area contributed by atoms with Gasteiger partial charge in [-0.05, 0) is 64.5 Å². The number of benzene rings is 1. The minimum absolute atomic E-state index is 0.000694. The summed E-state index contributed by atoms with van der Waals surface area (Å²) < 4.78 is 89.3. The molecule has 0 aliphatic heterocycles. The Morgan fingerprint density at radius 2 is 1.81 bits per heavy atom. The summed E-state index contributed by atoms with van der Waals surface area (Å²) in [5.74, 6) is -2.17. The van der Waals surface area contributed by atoms with E-state index < -0.39 is 58.4 Å². The Kier molecular flexibility index (Phi) is 11.8. The summed E-state index contributed by atoms with van der Waals surface area (Å²) in [5.41, 5.74) is -4.69. The maximum absolute atomic E-state index is 13.4. The predicted molar refractivity (Wildman–Crippen MR) is 143 cm³/mol. The lowest BCUT2D eigenvalue weighted by Gasteiger charge is -2.34. The fourth-order valence-electron chi connectivity index (χ4n) is 4.42. The maximum Gasteiger partial charge on any atom is 0.401 e. The number of rotatable bonds is 9. The van der Waals surface area contributed by atoms with Crippen molar-refractivity contribution in [1.82, 2.24) is 15.1 Å². The van der Waals surface area contributed by atoms with E-state index in [1.54, 1.807) is 6.92 Å². The number of hydrogen-bond acceptors (Lipinski definition) is 7. The fraction of sp³-hybridized carbons (Fsp3) is 0.577. The van der Waals surface area contributed by atoms with Crippen LogP contribution in [-0.4, -0.2) is 59.9 Å². The summed E-state index contributed by atoms with van der Waals surface area (Å²) in [6.45, 7) is 1.85. The Hall–Kier alpha value is -2.91. The van der Waals surface area contributed by atoms with Gasteiger partial charge in [-0.3, -0.25) is 14.3 Å². The van der Waals surface area contributed by atoms with Gasteiger partial charge in [-0.15, -0.1) is 0 Å². The zero-order valence-corrected chi connectivity index (χ0v) is 24.8. The molecule has 0 unspecified atom stereocenters. The van der Waals surface area contributed by atoms with E-state index in [0.717, 1.165) is 31.0 Å². The second kappa shape index (κ2) is 14.0. The molecule has 3 rings (SSSR count). The van der Waals surface area contributed by atoms with Crippen molar-refractivity contribution in [1.29, 1.82) is 0 Å². The van der Waals surface area contributed by atoms with E-state index in [1.165, 1.54) is 4.68 Å². The first kappa shape index (κ1) is 35.3. The molecule has 2 aromatic rings. The molecule has 1 amide bonds. The molecule has 1 aromatic heterocycles. The number of carbonyl (C=O) groups is 2. The molecule has 1 saturated carbocycles. The van der Waals surface area contributed by atoms with Gasteiger partial charge in [-0.25, -0.2) is 0 Å². The number of nitrogens with one attached hydrogen (secondary N) is 1. The van der Waals surface area contributed by atoms with Crippen LogP contribution in [0.4, 0.5) is 22.0 Å². The normalized spacial score (nSPS) is 19.1. The Labute approximate surface area is 247 Å². The summed E-state index contributed by atoms with van der Waals surface area (Å²) in [7, 11) is 0. The lowest BCUT2D eigenvalue weighted by atomic mass is 9.79. The highest BCUT2D eigenvalue weighted by Crippen LogP contribution is 2.43. The SMILES string of the molecule is CCn1nc(C(=O)NCC2(O)CCC(C)CC2)c(Cl)c1-c1ccc(C(=O)C(C)(C)C(F)(F)F)cc1OC(F)F.O=S=O. The van der Waals surface area contributed by atoms with Gasteiger partial charge in [0.1, 0.15) is 11.2 Å². The van der Waals surface area contributed by atoms with Gasteiger partial charge in [0.15, 0.2) is 11.5 Å². The van der Waals surface area contributed by atoms with Crippen molar-refractivity contribution in [3.8, 4) is 17.0 Å². The van der Waals surface area contributed by atoms with Gasteiger partial charge in [0.05, 0.1) is 16.3 Å². The summed E-state index contributed by atoms with van der Waals surface area (Å²) in [5, 5.41) is 17.4. The monoisotopic (exact) mass is 643 g/mol. The van der Waals surface area contributed by atoms with Crippen LogP contribution in [0.3, 0.4) is 0 Å². The first-order chi connectivity index (χ1) is 19.4. The van der Waals surface area contributed by atoms with Gasteiger partial charge < -0.3 is 15.2 Å². The standard InChI is InChI=1S/C26H31ClF5N3O4.O2S/c1-5-35-20(18(27)19(34-35)22(37)33-13-25(38)10-8-14(2)9-11-25)16-7-6-15(12-17(16)39-23(28)29)21(36)24(3,4)26(30,31)32;1-3-2/h6-7,12,14,23,38H,5,8-11,13H2,1-4H3,(H,33,37);. The average Bonchev–Trinajstić information content (AvgIpc) is 3.24. The summed E-state index contributed by atoms with van der Waals surface area (Å²) >= 11 is 5.74. The minimum Gasteiger partial charge on any atom is -0.434 e. The van der Waals surface area contributed by atoms with Crippen LogP contribution in [0.15, 0.2) is 18.2 Å². The highest BCUT2D eigenvalue weighted by Gasteiger charge is 2.53. The molecular weight excluding hydrogens is 613 g/mol. The van der Waals surface area contributed by atoms with Crippen LogP contribution in [0.25, 0.3) is 11.3 Å². The second-order valence-electron chi connectivity index (χ2n) is 10.5. The number of aryl methyl sites for hydroxylation is 1. The average molecular weight is 644 g/mol. The van der Waals surface area contributed by atoms with E-state index in [1.807, 2.05) is 0 Å². The highest BCUT2D eigenvalue weighted by molar-refractivity contribution is 7.51. The quantitative estimate of drug-likeness (QED) is 0.269. The zero-order valence-electron chi connectivity index (χ0n) is 23.2. The lowest BCUT2D eigenvalue weighted by Crippen LogP contribution is -2.45. The molecule has 16 heteroatoms. The molecule has 0 radical (unpaired) electrons. The Morgan fingerprint density at radius 1 is 1.24 bits per heavy atom. The van der Waals surface area contributed by atoms with Crippen LogP contribution in [0.2, 0.25) is 5.02 Å². The molecule has 0 spiro atoms. The number of ketones is 1. The molecule has 1 heterocycles. The van der Waals surface area contributed by atoms with E-state index in [9.17, 15) is 36.6 Å². The van der Waals surface area contributed by atoms with Gasteiger partial charge in [0.2, 0.25) is 0 Å². The third-order valence-electron chi connectivity index (χ3n) is 7.18. The van der Waals surface area contributed by atoms with Gasteiger partial charge in [-0.2, -0.15) is 35.5 Å². The number of nitrogens with zero attached hydrogens (tertiary/aromatic N) is 2. The smallest absolute Gasteiger partial charge is 0.401 e. The molecule has 0 saturated heterocycles. The first-order valence-electron chi connectivity index (χ1n) is 12.8. The Balaban J connectivity index is 0.00000197. The van der Waals surface area contributed by atoms with Crippen molar-refractivity contribution < 1.29 is 49.8 Å². The molecule has 9 nitrogen and oxygen atoms in total. The van der Waals surface area contributed by atoms with Crippen LogP contribution in [0.5, 0.6) is 5.75 Å². The molecule has 1 aliphatic rings. The molecule has 0 atom stereocenters. The number of alkyl halides is 5. The zero-order chi connectivity index (χ0) is 32.0. The number of amides is 1. The maximum atomic E-state index is 13.4. The highest BCUT2D eigenvalue weighted by atomic mass is 35.5. The van der Waals surface area contributed by atoms with E-state index in [-0.39, 0.29) is 35.1 Å². The predicted octanol–water partition coefficient (Wildman–Crippen LogP) is 5.60. The second-order valence-corrected chi connectivity index (χ2v) is 11.0. The van der Waals surface area contributed by atoms with Crippen LogP contribution >= 0.6 is 11.6 Å². The molecule has 2 N–H and O–H groups in total. The van der Waals surface area contributed by atoms with Crippen molar-refractivity contribution in [2.45, 2.75) is 78.3 Å². The van der Waals surface area contributed by atoms with Crippen molar-refractivity contribution in [2.75, 3.05) is 6.54 Å². The van der Waals surface area contributed by atoms with E-state index >= 15 is 0 Å². The number of ether oxygens (including phenoxy) is 1. The van der Waals surface area contributed by atoms with Crippen molar-refractivity contribution in [3.05, 3.63) is 34.5 Å². The topological polar surface area (TPSA) is 128 Å².